The van der Waals surface area contributed by atoms with E-state index in [9.17, 15) is 13.2 Å². The lowest BCUT2D eigenvalue weighted by Gasteiger charge is -2.46. The molecule has 0 unspecified atom stereocenters. The third-order valence-electron chi connectivity index (χ3n) is 5.58. The van der Waals surface area contributed by atoms with E-state index >= 15 is 0 Å². The molecule has 0 aromatic carbocycles. The fraction of sp³-hybridized carbons (Fsp3) is 0.750. The van der Waals surface area contributed by atoms with Crippen molar-refractivity contribution in [1.29, 1.82) is 0 Å². The molecule has 0 spiro atoms. The third kappa shape index (κ3) is 2.75. The summed E-state index contributed by atoms with van der Waals surface area (Å²) in [5, 5.41) is 3.73. The first-order valence-corrected chi connectivity index (χ1v) is 10.0. The Kier molecular flexibility index (Phi) is 4.46. The number of nitrogens with zero attached hydrogens (tertiary/aromatic N) is 2. The average Bonchev–Trinajstić information content (AvgIpc) is 3.10. The first-order valence-electron chi connectivity index (χ1n) is 8.53. The zero-order valence-corrected chi connectivity index (χ0v) is 15.3. The molecule has 2 atom stereocenters. The molecule has 3 rings (SSSR count). The predicted octanol–water partition coefficient (Wildman–Crippen LogP) is 1.75. The maximum absolute atomic E-state index is 12.7. The highest BCUT2D eigenvalue weighted by atomic mass is 32.2. The summed E-state index contributed by atoms with van der Waals surface area (Å²) in [7, 11) is -3.67. The van der Waals surface area contributed by atoms with Crippen LogP contribution >= 0.6 is 0 Å². The van der Waals surface area contributed by atoms with Crippen molar-refractivity contribution >= 4 is 15.9 Å². The van der Waals surface area contributed by atoms with Crippen LogP contribution in [0.25, 0.3) is 0 Å². The monoisotopic (exact) mass is 355 g/mol. The molecule has 1 aromatic heterocycles. The Hall–Kier alpha value is -1.41. The van der Waals surface area contributed by atoms with Crippen LogP contribution in [0.15, 0.2) is 9.42 Å². The summed E-state index contributed by atoms with van der Waals surface area (Å²) < 4.78 is 33.1. The third-order valence-corrected chi connectivity index (χ3v) is 7.23. The summed E-state index contributed by atoms with van der Waals surface area (Å²) >= 11 is 0. The van der Waals surface area contributed by atoms with Gasteiger partial charge in [-0.2, -0.15) is 0 Å². The number of rotatable bonds is 5. The summed E-state index contributed by atoms with van der Waals surface area (Å²) in [4.78, 5) is 14.2. The van der Waals surface area contributed by atoms with E-state index in [1.54, 1.807) is 13.8 Å². The minimum atomic E-state index is -3.67. The number of fused-ring (bicyclic) bond motifs is 1. The maximum atomic E-state index is 12.7. The molecule has 1 aromatic rings. The van der Waals surface area contributed by atoms with Crippen LogP contribution in [0, 0.1) is 19.3 Å². The van der Waals surface area contributed by atoms with E-state index in [1.165, 1.54) is 0 Å². The van der Waals surface area contributed by atoms with Gasteiger partial charge in [-0.1, -0.05) is 11.6 Å². The van der Waals surface area contributed by atoms with E-state index in [0.717, 1.165) is 25.7 Å². The molecule has 1 N–H and O–H groups in total. The Morgan fingerprint density at radius 3 is 2.75 bits per heavy atom. The van der Waals surface area contributed by atoms with E-state index in [-0.39, 0.29) is 22.3 Å². The Morgan fingerprint density at radius 1 is 1.38 bits per heavy atom. The number of nitrogens with one attached hydrogen (secondary N) is 1. The number of hydrogen-bond donors (Lipinski definition) is 1. The molecule has 0 bridgehead atoms. The normalized spacial score (nSPS) is 27.5. The lowest BCUT2D eigenvalue weighted by Crippen LogP contribution is -2.55. The van der Waals surface area contributed by atoms with Gasteiger partial charge in [0, 0.05) is 31.0 Å². The molecule has 2 aliphatic rings. The van der Waals surface area contributed by atoms with Crippen molar-refractivity contribution in [3.05, 3.63) is 11.5 Å². The number of aryl methyl sites for hydroxylation is 2. The topological polar surface area (TPSA) is 92.5 Å². The molecular formula is C16H25N3O4S. The number of carbonyl (C=O) groups excluding carboxylic acids is 1. The second-order valence-electron chi connectivity index (χ2n) is 6.93. The molecule has 1 aliphatic heterocycles. The highest BCUT2D eigenvalue weighted by Gasteiger charge is 2.50. The summed E-state index contributed by atoms with van der Waals surface area (Å²) in [6.07, 6.45) is 4.17. The molecule has 0 radical (unpaired) electrons. The second kappa shape index (κ2) is 6.15. The van der Waals surface area contributed by atoms with Crippen LogP contribution in [0.1, 0.15) is 50.5 Å². The largest absolute Gasteiger partial charge is 0.360 e. The van der Waals surface area contributed by atoms with Gasteiger partial charge in [-0.25, -0.2) is 13.1 Å². The molecule has 1 aliphatic carbocycles. The molecule has 2 heterocycles. The zero-order valence-electron chi connectivity index (χ0n) is 14.5. The molecular weight excluding hydrogens is 330 g/mol. The minimum Gasteiger partial charge on any atom is -0.360 e. The Balaban J connectivity index is 1.82. The van der Waals surface area contributed by atoms with E-state index in [0.29, 0.717) is 31.0 Å². The number of likely N-dealkylation sites (tertiary alicyclic amines) is 1. The van der Waals surface area contributed by atoms with Gasteiger partial charge in [-0.3, -0.25) is 4.79 Å². The van der Waals surface area contributed by atoms with Gasteiger partial charge in [0.15, 0.2) is 5.76 Å². The Morgan fingerprint density at radius 2 is 2.12 bits per heavy atom. The van der Waals surface area contributed by atoms with Crippen molar-refractivity contribution in [2.75, 3.05) is 13.1 Å². The number of aromatic nitrogens is 1. The molecule has 134 valence electrons. The van der Waals surface area contributed by atoms with Gasteiger partial charge in [0.05, 0.1) is 0 Å². The standard InChI is InChI=1S/C16H25N3O4S/c1-4-19-13-6-5-8-16(13,9-7-14(19)20)10-17-24(21,22)15-11(2)18-23-12(15)3/h13,17H,4-10H2,1-3H3/t13-,16+/m1/s1. The fourth-order valence-electron chi connectivity index (χ4n) is 4.43. The summed E-state index contributed by atoms with van der Waals surface area (Å²) in [5.74, 6) is 0.489. The number of piperidine rings is 1. The molecule has 8 heteroatoms. The highest BCUT2D eigenvalue weighted by molar-refractivity contribution is 7.89. The quantitative estimate of drug-likeness (QED) is 0.869. The van der Waals surface area contributed by atoms with Gasteiger partial charge >= 0.3 is 0 Å². The van der Waals surface area contributed by atoms with Gasteiger partial charge in [-0.15, -0.1) is 0 Å². The van der Waals surface area contributed by atoms with Crippen LogP contribution in [-0.2, 0) is 14.8 Å². The van der Waals surface area contributed by atoms with Gasteiger partial charge < -0.3 is 9.42 Å². The van der Waals surface area contributed by atoms with Crippen molar-refractivity contribution in [1.82, 2.24) is 14.8 Å². The van der Waals surface area contributed by atoms with Crippen LogP contribution in [0.3, 0.4) is 0 Å². The average molecular weight is 355 g/mol. The SMILES string of the molecule is CCN1C(=O)CC[C@]2(CNS(=O)(=O)c3c(C)noc3C)CCC[C@@H]12. The lowest BCUT2D eigenvalue weighted by molar-refractivity contribution is -0.141. The molecule has 2 fully saturated rings. The summed E-state index contributed by atoms with van der Waals surface area (Å²) in [6.45, 7) is 6.25. The summed E-state index contributed by atoms with van der Waals surface area (Å²) in [5.41, 5.74) is 0.213. The van der Waals surface area contributed by atoms with Gasteiger partial charge in [0.2, 0.25) is 15.9 Å². The Labute approximate surface area is 142 Å². The van der Waals surface area contributed by atoms with Crippen molar-refractivity contribution in [2.24, 2.45) is 5.41 Å². The van der Waals surface area contributed by atoms with Gasteiger partial charge in [-0.05, 0) is 40.0 Å². The number of carbonyl (C=O) groups is 1. The van der Waals surface area contributed by atoms with Crippen molar-refractivity contribution in [3.8, 4) is 0 Å². The molecule has 7 nitrogen and oxygen atoms in total. The number of sulfonamides is 1. The lowest BCUT2D eigenvalue weighted by atomic mass is 9.75. The smallest absolute Gasteiger partial charge is 0.245 e. The van der Waals surface area contributed by atoms with E-state index in [2.05, 4.69) is 9.88 Å². The van der Waals surface area contributed by atoms with E-state index < -0.39 is 10.0 Å². The van der Waals surface area contributed by atoms with Gasteiger partial charge in [0.25, 0.3) is 0 Å². The zero-order chi connectivity index (χ0) is 17.5. The van der Waals surface area contributed by atoms with Crippen LogP contribution in [0.2, 0.25) is 0 Å². The maximum Gasteiger partial charge on any atom is 0.245 e. The van der Waals surface area contributed by atoms with E-state index in [4.69, 9.17) is 4.52 Å². The van der Waals surface area contributed by atoms with Crippen molar-refractivity contribution in [2.45, 2.75) is 63.8 Å². The van der Waals surface area contributed by atoms with Crippen LogP contribution < -0.4 is 4.72 Å². The second-order valence-corrected chi connectivity index (χ2v) is 8.63. The van der Waals surface area contributed by atoms with Gasteiger partial charge in [0.1, 0.15) is 10.6 Å². The van der Waals surface area contributed by atoms with Crippen molar-refractivity contribution in [3.63, 3.8) is 0 Å². The molecule has 1 saturated carbocycles. The molecule has 24 heavy (non-hydrogen) atoms. The first kappa shape index (κ1) is 17.4. The fourth-order valence-corrected chi connectivity index (χ4v) is 5.90. The number of hydrogen-bond acceptors (Lipinski definition) is 5. The Bertz CT molecular complexity index is 723. The van der Waals surface area contributed by atoms with Crippen LogP contribution in [0.4, 0.5) is 0 Å². The summed E-state index contributed by atoms with van der Waals surface area (Å²) in [6, 6.07) is 0.135. The molecule has 1 saturated heterocycles. The first-order chi connectivity index (χ1) is 11.3. The predicted molar refractivity (Wildman–Crippen MR) is 87.9 cm³/mol. The van der Waals surface area contributed by atoms with Crippen LogP contribution in [0.5, 0.6) is 0 Å². The van der Waals surface area contributed by atoms with Crippen LogP contribution in [-0.4, -0.2) is 43.5 Å². The highest BCUT2D eigenvalue weighted by Crippen LogP contribution is 2.47. The molecule has 1 amide bonds. The van der Waals surface area contributed by atoms with E-state index in [1.807, 2.05) is 11.8 Å². The number of amides is 1. The minimum absolute atomic E-state index is 0.132. The van der Waals surface area contributed by atoms with Crippen molar-refractivity contribution < 1.29 is 17.7 Å².